The summed E-state index contributed by atoms with van der Waals surface area (Å²) in [6.07, 6.45) is 3.18. The number of amides is 2. The molecule has 1 unspecified atom stereocenters. The molecule has 0 aromatic heterocycles. The Bertz CT molecular complexity index is 658. The molecule has 128 valence electrons. The van der Waals surface area contributed by atoms with Gasteiger partial charge in [0.1, 0.15) is 0 Å². The van der Waals surface area contributed by atoms with Gasteiger partial charge in [-0.2, -0.15) is 0 Å². The van der Waals surface area contributed by atoms with Gasteiger partial charge in [0.05, 0.1) is 4.90 Å². The van der Waals surface area contributed by atoms with Gasteiger partial charge in [0.15, 0.2) is 0 Å². The number of carbonyl (C=O) groups excluding carboxylic acids is 1. The van der Waals surface area contributed by atoms with E-state index in [9.17, 15) is 13.2 Å². The Morgan fingerprint density at radius 3 is 2.65 bits per heavy atom. The molecule has 1 fully saturated rings. The molecule has 0 spiro atoms. The molecule has 2 amide bonds. The van der Waals surface area contributed by atoms with Gasteiger partial charge in [0, 0.05) is 33.2 Å². The normalized spacial score (nSPS) is 19.0. The number of piperidine rings is 1. The number of hydrogen-bond donors (Lipinski definition) is 1. The standard InChI is InChI=1S/C16H25N3O3S/c1-13-8-6-7-11-19(13)16(20)17-12-14-9-4-5-10-15(14)23(21,22)18(2)3/h4-5,9-10,13H,6-8,11-12H2,1-3H3,(H,17,20). The van der Waals surface area contributed by atoms with Gasteiger partial charge in [-0.25, -0.2) is 17.5 Å². The van der Waals surface area contributed by atoms with Gasteiger partial charge in [-0.15, -0.1) is 0 Å². The van der Waals surface area contributed by atoms with E-state index in [1.807, 2.05) is 11.8 Å². The van der Waals surface area contributed by atoms with E-state index >= 15 is 0 Å². The second-order valence-corrected chi connectivity index (χ2v) is 8.21. The van der Waals surface area contributed by atoms with E-state index in [-0.39, 0.29) is 23.5 Å². The Balaban J connectivity index is 2.11. The number of urea groups is 1. The Labute approximate surface area is 138 Å². The molecule has 7 heteroatoms. The van der Waals surface area contributed by atoms with Crippen LogP contribution in [-0.2, 0) is 16.6 Å². The van der Waals surface area contributed by atoms with Crippen LogP contribution >= 0.6 is 0 Å². The number of carbonyl (C=O) groups is 1. The van der Waals surface area contributed by atoms with Crippen LogP contribution in [0.5, 0.6) is 0 Å². The molecule has 2 rings (SSSR count). The fourth-order valence-electron chi connectivity index (χ4n) is 2.77. The molecule has 1 aliphatic rings. The van der Waals surface area contributed by atoms with Crippen molar-refractivity contribution in [2.45, 2.75) is 43.7 Å². The minimum atomic E-state index is -3.52. The molecule has 1 aromatic rings. The Morgan fingerprint density at radius 2 is 2.00 bits per heavy atom. The number of likely N-dealkylation sites (tertiary alicyclic amines) is 1. The van der Waals surface area contributed by atoms with Crippen molar-refractivity contribution in [2.24, 2.45) is 0 Å². The monoisotopic (exact) mass is 339 g/mol. The first kappa shape index (κ1) is 17.7. The van der Waals surface area contributed by atoms with Crippen molar-refractivity contribution in [3.8, 4) is 0 Å². The quantitative estimate of drug-likeness (QED) is 0.912. The van der Waals surface area contributed by atoms with Crippen LogP contribution in [0.25, 0.3) is 0 Å². The number of hydrogen-bond acceptors (Lipinski definition) is 3. The van der Waals surface area contributed by atoms with Gasteiger partial charge in [0.2, 0.25) is 10.0 Å². The second kappa shape index (κ2) is 7.31. The summed E-state index contributed by atoms with van der Waals surface area (Å²) < 4.78 is 25.9. The van der Waals surface area contributed by atoms with Gasteiger partial charge in [-0.05, 0) is 37.8 Å². The van der Waals surface area contributed by atoms with E-state index in [0.29, 0.717) is 5.56 Å². The zero-order valence-corrected chi connectivity index (χ0v) is 14.8. The first-order chi connectivity index (χ1) is 10.8. The minimum absolute atomic E-state index is 0.130. The van der Waals surface area contributed by atoms with E-state index in [2.05, 4.69) is 5.32 Å². The lowest BCUT2D eigenvalue weighted by atomic mass is 10.0. The van der Waals surface area contributed by atoms with E-state index < -0.39 is 10.0 Å². The highest BCUT2D eigenvalue weighted by Crippen LogP contribution is 2.19. The van der Waals surface area contributed by atoms with Crippen molar-refractivity contribution in [1.82, 2.24) is 14.5 Å². The molecule has 6 nitrogen and oxygen atoms in total. The molecule has 0 radical (unpaired) electrons. The molecule has 0 saturated carbocycles. The molecule has 0 bridgehead atoms. The SMILES string of the molecule is CC1CCCCN1C(=O)NCc1ccccc1S(=O)(=O)N(C)C. The average molecular weight is 339 g/mol. The molecule has 23 heavy (non-hydrogen) atoms. The van der Waals surface area contributed by atoms with Crippen LogP contribution in [0, 0.1) is 0 Å². The predicted octanol–water partition coefficient (Wildman–Crippen LogP) is 2.02. The Kier molecular flexibility index (Phi) is 5.64. The summed E-state index contributed by atoms with van der Waals surface area (Å²) in [6, 6.07) is 6.86. The van der Waals surface area contributed by atoms with Crippen LogP contribution in [0.15, 0.2) is 29.2 Å². The molecule has 1 atom stereocenters. The summed E-state index contributed by atoms with van der Waals surface area (Å²) >= 11 is 0. The molecule has 1 heterocycles. The molecule has 1 saturated heterocycles. The van der Waals surface area contributed by atoms with Gasteiger partial charge < -0.3 is 10.2 Å². The largest absolute Gasteiger partial charge is 0.334 e. The predicted molar refractivity (Wildman–Crippen MR) is 89.6 cm³/mol. The smallest absolute Gasteiger partial charge is 0.317 e. The van der Waals surface area contributed by atoms with Crippen molar-refractivity contribution in [3.63, 3.8) is 0 Å². The average Bonchev–Trinajstić information content (AvgIpc) is 2.53. The molecule has 1 aromatic carbocycles. The molecule has 0 aliphatic carbocycles. The zero-order chi connectivity index (χ0) is 17.0. The molecule has 1 N–H and O–H groups in total. The summed E-state index contributed by atoms with van der Waals surface area (Å²) in [7, 11) is -0.522. The van der Waals surface area contributed by atoms with Crippen molar-refractivity contribution in [3.05, 3.63) is 29.8 Å². The van der Waals surface area contributed by atoms with Crippen LogP contribution < -0.4 is 5.32 Å². The highest BCUT2D eigenvalue weighted by Gasteiger charge is 2.24. The highest BCUT2D eigenvalue weighted by molar-refractivity contribution is 7.89. The third kappa shape index (κ3) is 4.03. The second-order valence-electron chi connectivity index (χ2n) is 6.09. The topological polar surface area (TPSA) is 69.7 Å². The first-order valence-electron chi connectivity index (χ1n) is 7.89. The number of benzene rings is 1. The van der Waals surface area contributed by atoms with Gasteiger partial charge in [0.25, 0.3) is 0 Å². The summed E-state index contributed by atoms with van der Waals surface area (Å²) in [5.74, 6) is 0. The summed E-state index contributed by atoms with van der Waals surface area (Å²) in [4.78, 5) is 14.4. The maximum atomic E-state index is 12.4. The highest BCUT2D eigenvalue weighted by atomic mass is 32.2. The van der Waals surface area contributed by atoms with Crippen LogP contribution in [0.2, 0.25) is 0 Å². The van der Waals surface area contributed by atoms with Crippen molar-refractivity contribution < 1.29 is 13.2 Å². The lowest BCUT2D eigenvalue weighted by Gasteiger charge is -2.33. The fraction of sp³-hybridized carbons (Fsp3) is 0.562. The fourth-order valence-corrected chi connectivity index (χ4v) is 3.89. The van der Waals surface area contributed by atoms with Crippen molar-refractivity contribution in [1.29, 1.82) is 0 Å². The molecule has 1 aliphatic heterocycles. The van der Waals surface area contributed by atoms with Crippen LogP contribution in [0.1, 0.15) is 31.7 Å². The number of rotatable bonds is 4. The zero-order valence-electron chi connectivity index (χ0n) is 13.9. The third-order valence-electron chi connectivity index (χ3n) is 4.23. The molecular weight excluding hydrogens is 314 g/mol. The van der Waals surface area contributed by atoms with Gasteiger partial charge in [-0.3, -0.25) is 0 Å². The Hall–Kier alpha value is -1.60. The summed E-state index contributed by atoms with van der Waals surface area (Å²) in [5.41, 5.74) is 0.596. The third-order valence-corrected chi connectivity index (χ3v) is 6.14. The Morgan fingerprint density at radius 1 is 1.30 bits per heavy atom. The number of nitrogens with zero attached hydrogens (tertiary/aromatic N) is 2. The van der Waals surface area contributed by atoms with E-state index in [1.165, 1.54) is 18.4 Å². The maximum absolute atomic E-state index is 12.4. The van der Waals surface area contributed by atoms with E-state index in [1.54, 1.807) is 24.3 Å². The summed E-state index contributed by atoms with van der Waals surface area (Å²) in [6.45, 7) is 3.00. The summed E-state index contributed by atoms with van der Waals surface area (Å²) in [5, 5.41) is 2.85. The number of sulfonamides is 1. The lowest BCUT2D eigenvalue weighted by Crippen LogP contribution is -2.47. The van der Waals surface area contributed by atoms with Crippen molar-refractivity contribution in [2.75, 3.05) is 20.6 Å². The van der Waals surface area contributed by atoms with Crippen LogP contribution in [0.4, 0.5) is 4.79 Å². The van der Waals surface area contributed by atoms with Crippen LogP contribution in [0.3, 0.4) is 0 Å². The van der Waals surface area contributed by atoms with Crippen LogP contribution in [-0.4, -0.2) is 50.3 Å². The van der Waals surface area contributed by atoms with E-state index in [4.69, 9.17) is 0 Å². The van der Waals surface area contributed by atoms with E-state index in [0.717, 1.165) is 25.8 Å². The lowest BCUT2D eigenvalue weighted by molar-refractivity contribution is 0.157. The van der Waals surface area contributed by atoms with Gasteiger partial charge in [-0.1, -0.05) is 18.2 Å². The van der Waals surface area contributed by atoms with Gasteiger partial charge >= 0.3 is 6.03 Å². The minimum Gasteiger partial charge on any atom is -0.334 e. The van der Waals surface area contributed by atoms with Crippen molar-refractivity contribution >= 4 is 16.1 Å². The number of nitrogens with one attached hydrogen (secondary N) is 1. The molecular formula is C16H25N3O3S. The maximum Gasteiger partial charge on any atom is 0.317 e. The first-order valence-corrected chi connectivity index (χ1v) is 9.33.